The third kappa shape index (κ3) is 53.7. The maximum Gasteiger partial charge on any atom is 0.323 e. The minimum atomic E-state index is -1.21. The summed E-state index contributed by atoms with van der Waals surface area (Å²) in [5.41, 5.74) is 33.4. The standard InChI is InChI=1S/C5H9NO4.C4H8N2O3.C4H9NO3.C3H7NO3.2C2H5NO2/c6-3(5(9)10)1-2-4(7)8;5-2(4(8)9)1-3(6)7;1-2(6)3(5)4(7)8;4-2(1-5)3(6)7;2*3-1-2(4)5/h3H,1-2,6H2,(H,7,8)(H,9,10);2H,1,5H2,(H2,6,7)(H,8,9);2-3,6H,5H2,1H3,(H,7,8);2,5H,1,4H2,(H,6,7);2*1,3H2,(H,4,5). The number of carboxylic acids is 7. The van der Waals surface area contributed by atoms with E-state index in [1.165, 1.54) is 6.92 Å². The molecule has 0 aromatic rings. The van der Waals surface area contributed by atoms with E-state index in [1.807, 2.05) is 0 Å². The maximum absolute atomic E-state index is 9.99. The number of aliphatic hydroxyl groups is 2. The fourth-order valence-corrected chi connectivity index (χ4v) is 0.991. The number of aliphatic hydroxyl groups excluding tert-OH is 2. The number of hydrogen-bond donors (Lipinski definition) is 16. The van der Waals surface area contributed by atoms with E-state index in [9.17, 15) is 38.4 Å². The predicted octanol–water partition coefficient (Wildman–Crippen LogP) is -7.23. The van der Waals surface area contributed by atoms with Gasteiger partial charge >= 0.3 is 41.8 Å². The molecule has 0 spiro atoms. The van der Waals surface area contributed by atoms with Crippen LogP contribution in [0.2, 0.25) is 0 Å². The Morgan fingerprint density at radius 1 is 0.591 bits per heavy atom. The molecule has 0 aromatic heterocycles. The topological polar surface area (TPSA) is 501 Å². The Bertz CT molecular complexity index is 860. The molecule has 24 heteroatoms. The smallest absolute Gasteiger partial charge is 0.323 e. The molecule has 0 aliphatic rings. The fourth-order valence-electron chi connectivity index (χ4n) is 0.991. The Balaban J connectivity index is -0.000000100. The van der Waals surface area contributed by atoms with Gasteiger partial charge in [0.05, 0.1) is 32.2 Å². The van der Waals surface area contributed by atoms with E-state index in [2.05, 4.69) is 17.2 Å². The van der Waals surface area contributed by atoms with Crippen molar-refractivity contribution in [3.05, 3.63) is 0 Å². The summed E-state index contributed by atoms with van der Waals surface area (Å²) in [6, 6.07) is -4.51. The Morgan fingerprint density at radius 2 is 0.909 bits per heavy atom. The van der Waals surface area contributed by atoms with E-state index in [0.717, 1.165) is 0 Å². The summed E-state index contributed by atoms with van der Waals surface area (Å²) >= 11 is 0. The molecular weight excluding hydrogens is 610 g/mol. The molecule has 1 amide bonds. The minimum Gasteiger partial charge on any atom is -0.481 e. The molecule has 0 aliphatic carbocycles. The summed E-state index contributed by atoms with van der Waals surface area (Å²) in [5.74, 6) is -8.41. The van der Waals surface area contributed by atoms with E-state index in [1.54, 1.807) is 0 Å². The maximum atomic E-state index is 9.99. The number of carbonyl (C=O) groups excluding carboxylic acids is 1. The minimum absolute atomic E-state index is 0.0231. The molecule has 260 valence electrons. The van der Waals surface area contributed by atoms with Gasteiger partial charge in [0.1, 0.15) is 24.2 Å². The van der Waals surface area contributed by atoms with Gasteiger partial charge in [-0.2, -0.15) is 0 Å². The van der Waals surface area contributed by atoms with Crippen molar-refractivity contribution >= 4 is 47.7 Å². The van der Waals surface area contributed by atoms with E-state index in [-0.39, 0.29) is 32.4 Å². The third-order valence-electron chi connectivity index (χ3n) is 3.39. The lowest BCUT2D eigenvalue weighted by molar-refractivity contribution is -0.141. The molecule has 23 N–H and O–H groups in total. The second-order valence-electron chi connectivity index (χ2n) is 7.42. The Hall–Kier alpha value is -4.56. The van der Waals surface area contributed by atoms with Gasteiger partial charge in [0, 0.05) is 6.42 Å². The van der Waals surface area contributed by atoms with Crippen LogP contribution in [0.5, 0.6) is 0 Å². The monoisotopic (exact) mass is 653 g/mol. The van der Waals surface area contributed by atoms with Gasteiger partial charge in [-0.1, -0.05) is 0 Å². The zero-order chi connectivity index (χ0) is 36.7. The van der Waals surface area contributed by atoms with Crippen LogP contribution < -0.4 is 40.1 Å². The van der Waals surface area contributed by atoms with E-state index >= 15 is 0 Å². The van der Waals surface area contributed by atoms with Crippen LogP contribution in [0.3, 0.4) is 0 Å². The average molecular weight is 654 g/mol. The highest BCUT2D eigenvalue weighted by Crippen LogP contribution is 1.93. The molecule has 24 nitrogen and oxygen atoms in total. The first-order valence-corrected chi connectivity index (χ1v) is 11.4. The zero-order valence-electron chi connectivity index (χ0n) is 23.5. The van der Waals surface area contributed by atoms with Gasteiger partial charge in [-0.3, -0.25) is 38.4 Å². The lowest BCUT2D eigenvalue weighted by Gasteiger charge is -2.06. The Labute approximate surface area is 249 Å². The molecule has 5 atom stereocenters. The molecule has 5 unspecified atom stereocenters. The summed E-state index contributed by atoms with van der Waals surface area (Å²) in [6.07, 6.45) is -1.51. The van der Waals surface area contributed by atoms with Crippen molar-refractivity contribution in [2.24, 2.45) is 40.1 Å². The van der Waals surface area contributed by atoms with Crippen LogP contribution in [0.1, 0.15) is 26.2 Å². The fraction of sp³-hybridized carbons (Fsp3) is 0.600. The Kier molecular flexibility index (Phi) is 39.0. The molecule has 0 aromatic carbocycles. The summed E-state index contributed by atoms with van der Waals surface area (Å²) in [5, 5.41) is 72.0. The number of carboxylic acid groups (broad SMARTS) is 7. The number of carbonyl (C=O) groups is 8. The number of hydrogen-bond acceptors (Lipinski definition) is 16. The predicted molar refractivity (Wildman–Crippen MR) is 145 cm³/mol. The highest BCUT2D eigenvalue weighted by atomic mass is 16.4. The lowest BCUT2D eigenvalue weighted by atomic mass is 10.2. The largest absolute Gasteiger partial charge is 0.481 e. The first kappa shape index (κ1) is 52.1. The lowest BCUT2D eigenvalue weighted by Crippen LogP contribution is -2.39. The van der Waals surface area contributed by atoms with Gasteiger partial charge in [0.15, 0.2) is 0 Å². The number of aliphatic carboxylic acids is 7. The van der Waals surface area contributed by atoms with Gasteiger partial charge in [-0.15, -0.1) is 0 Å². The molecule has 0 aliphatic heterocycles. The first-order chi connectivity index (χ1) is 19.8. The zero-order valence-corrected chi connectivity index (χ0v) is 23.5. The van der Waals surface area contributed by atoms with E-state index in [0.29, 0.717) is 0 Å². The second kappa shape index (κ2) is 32.9. The molecule has 0 saturated carbocycles. The second-order valence-corrected chi connectivity index (χ2v) is 7.42. The molecule has 0 bridgehead atoms. The van der Waals surface area contributed by atoms with Crippen LogP contribution >= 0.6 is 0 Å². The molecule has 0 heterocycles. The molecule has 0 saturated heterocycles. The van der Waals surface area contributed by atoms with Gasteiger partial charge in [0.2, 0.25) is 5.91 Å². The van der Waals surface area contributed by atoms with Crippen LogP contribution in [0.4, 0.5) is 0 Å². The number of primary amides is 1. The third-order valence-corrected chi connectivity index (χ3v) is 3.39. The molecule has 0 fully saturated rings. The van der Waals surface area contributed by atoms with Crippen LogP contribution in [0.25, 0.3) is 0 Å². The summed E-state index contributed by atoms with van der Waals surface area (Å²) < 4.78 is 0. The van der Waals surface area contributed by atoms with Gasteiger partial charge in [0.25, 0.3) is 0 Å². The van der Waals surface area contributed by atoms with Crippen molar-refractivity contribution in [2.45, 2.75) is 56.5 Å². The normalized spacial score (nSPS) is 12.4. The molecule has 0 radical (unpaired) electrons. The Morgan fingerprint density at radius 3 is 1.00 bits per heavy atom. The average Bonchev–Trinajstić information content (AvgIpc) is 2.91. The molecule has 44 heavy (non-hydrogen) atoms. The van der Waals surface area contributed by atoms with Crippen LogP contribution in [0, 0.1) is 0 Å². The highest BCUT2D eigenvalue weighted by Gasteiger charge is 2.16. The SMILES string of the molecule is CC(O)C(N)C(=O)O.NC(=O)CC(N)C(=O)O.NC(CCC(=O)O)C(=O)O.NC(CO)C(=O)O.NCC(=O)O.NCC(=O)O. The van der Waals surface area contributed by atoms with Crippen molar-refractivity contribution in [1.82, 2.24) is 0 Å². The van der Waals surface area contributed by atoms with Gasteiger partial charge in [-0.25, -0.2) is 0 Å². The molecular formula is C20H43N7O17. The first-order valence-electron chi connectivity index (χ1n) is 11.4. The van der Waals surface area contributed by atoms with Crippen LogP contribution in [-0.4, -0.2) is 144 Å². The van der Waals surface area contributed by atoms with Gasteiger partial charge in [-0.05, 0) is 13.3 Å². The van der Waals surface area contributed by atoms with Crippen molar-refractivity contribution < 1.29 is 84.3 Å². The molecule has 0 rings (SSSR count). The van der Waals surface area contributed by atoms with Gasteiger partial charge < -0.3 is 86.1 Å². The summed E-state index contributed by atoms with van der Waals surface area (Å²) in [7, 11) is 0. The van der Waals surface area contributed by atoms with Crippen molar-refractivity contribution in [1.29, 1.82) is 0 Å². The number of rotatable bonds is 13. The van der Waals surface area contributed by atoms with Crippen LogP contribution in [-0.2, 0) is 38.4 Å². The van der Waals surface area contributed by atoms with Crippen molar-refractivity contribution in [3.8, 4) is 0 Å². The van der Waals surface area contributed by atoms with Crippen molar-refractivity contribution in [3.63, 3.8) is 0 Å². The quantitative estimate of drug-likeness (QED) is 0.0877. The van der Waals surface area contributed by atoms with E-state index in [4.69, 9.17) is 68.9 Å². The summed E-state index contributed by atoms with van der Waals surface area (Å²) in [6.45, 7) is 0.272. The summed E-state index contributed by atoms with van der Waals surface area (Å²) in [4.78, 5) is 77.8. The number of nitrogens with two attached hydrogens (primary N) is 7. The van der Waals surface area contributed by atoms with Crippen LogP contribution in [0.15, 0.2) is 0 Å². The van der Waals surface area contributed by atoms with Crippen molar-refractivity contribution in [2.75, 3.05) is 19.7 Å². The highest BCUT2D eigenvalue weighted by molar-refractivity contribution is 5.83. The van der Waals surface area contributed by atoms with E-state index < -0.39 is 84.6 Å². The number of amides is 1.